The lowest BCUT2D eigenvalue weighted by Gasteiger charge is -2.31. The summed E-state index contributed by atoms with van der Waals surface area (Å²) >= 11 is 0. The standard InChI is InChI=1S/C12H22N2O2/c1-10-9-11(3-8-16-10)12(15)14-6-2-4-13-5-7-14/h10-11,13H,2-9H2,1H3. The second kappa shape index (κ2) is 5.64. The number of carbonyl (C=O) groups excluding carboxylic acids is 1. The van der Waals surface area contributed by atoms with Crippen LogP contribution in [-0.4, -0.2) is 49.7 Å². The molecule has 2 fully saturated rings. The lowest BCUT2D eigenvalue weighted by atomic mass is 9.94. The van der Waals surface area contributed by atoms with E-state index < -0.39 is 0 Å². The van der Waals surface area contributed by atoms with E-state index in [4.69, 9.17) is 4.74 Å². The molecule has 0 aromatic rings. The Labute approximate surface area is 97.3 Å². The highest BCUT2D eigenvalue weighted by Crippen LogP contribution is 2.22. The minimum atomic E-state index is 0.196. The lowest BCUT2D eigenvalue weighted by Crippen LogP contribution is -2.41. The van der Waals surface area contributed by atoms with Crippen molar-refractivity contribution < 1.29 is 9.53 Å². The molecule has 2 atom stereocenters. The van der Waals surface area contributed by atoms with Crippen LogP contribution in [-0.2, 0) is 9.53 Å². The third-order valence-corrected chi connectivity index (χ3v) is 3.49. The summed E-state index contributed by atoms with van der Waals surface area (Å²) in [6.07, 6.45) is 3.10. The van der Waals surface area contributed by atoms with Crippen LogP contribution in [0.2, 0.25) is 0 Å². The average molecular weight is 226 g/mol. The lowest BCUT2D eigenvalue weighted by molar-refractivity contribution is -0.140. The Balaban J connectivity index is 1.89. The SMILES string of the molecule is CC1CC(C(=O)N2CCCNCC2)CCO1. The van der Waals surface area contributed by atoms with Gasteiger partial charge in [-0.05, 0) is 32.7 Å². The van der Waals surface area contributed by atoms with Gasteiger partial charge in [-0.1, -0.05) is 0 Å². The fraction of sp³-hybridized carbons (Fsp3) is 0.917. The summed E-state index contributed by atoms with van der Waals surface area (Å²) in [5.74, 6) is 0.542. The van der Waals surface area contributed by atoms with E-state index in [9.17, 15) is 4.79 Å². The highest BCUT2D eigenvalue weighted by molar-refractivity contribution is 5.79. The number of amides is 1. The third kappa shape index (κ3) is 2.95. The van der Waals surface area contributed by atoms with Crippen LogP contribution in [0.3, 0.4) is 0 Å². The van der Waals surface area contributed by atoms with E-state index >= 15 is 0 Å². The number of hydrogen-bond donors (Lipinski definition) is 1. The van der Waals surface area contributed by atoms with Gasteiger partial charge in [0.25, 0.3) is 0 Å². The van der Waals surface area contributed by atoms with E-state index in [-0.39, 0.29) is 12.0 Å². The molecule has 92 valence electrons. The zero-order chi connectivity index (χ0) is 11.4. The van der Waals surface area contributed by atoms with Crippen molar-refractivity contribution in [1.29, 1.82) is 0 Å². The van der Waals surface area contributed by atoms with Crippen LogP contribution in [0.1, 0.15) is 26.2 Å². The number of rotatable bonds is 1. The summed E-state index contributed by atoms with van der Waals surface area (Å²) in [6, 6.07) is 0. The second-order valence-corrected chi connectivity index (χ2v) is 4.83. The highest BCUT2D eigenvalue weighted by Gasteiger charge is 2.29. The Morgan fingerprint density at radius 3 is 3.06 bits per heavy atom. The van der Waals surface area contributed by atoms with Gasteiger partial charge in [0.15, 0.2) is 0 Å². The van der Waals surface area contributed by atoms with Crippen molar-refractivity contribution in [2.45, 2.75) is 32.3 Å². The number of ether oxygens (including phenoxy) is 1. The van der Waals surface area contributed by atoms with Crippen LogP contribution in [0.4, 0.5) is 0 Å². The molecule has 0 aliphatic carbocycles. The van der Waals surface area contributed by atoms with Crippen LogP contribution in [0.25, 0.3) is 0 Å². The molecule has 1 amide bonds. The summed E-state index contributed by atoms with van der Waals surface area (Å²) in [5.41, 5.74) is 0. The molecule has 0 saturated carbocycles. The van der Waals surface area contributed by atoms with Gasteiger partial charge in [0.05, 0.1) is 6.10 Å². The Hall–Kier alpha value is -0.610. The largest absolute Gasteiger partial charge is 0.378 e. The summed E-state index contributed by atoms with van der Waals surface area (Å²) in [6.45, 7) is 6.55. The molecule has 4 nitrogen and oxygen atoms in total. The van der Waals surface area contributed by atoms with Gasteiger partial charge in [-0.3, -0.25) is 4.79 Å². The topological polar surface area (TPSA) is 41.6 Å². The molecular weight excluding hydrogens is 204 g/mol. The fourth-order valence-electron chi connectivity index (χ4n) is 2.55. The van der Waals surface area contributed by atoms with Crippen molar-refractivity contribution in [2.24, 2.45) is 5.92 Å². The number of carbonyl (C=O) groups is 1. The van der Waals surface area contributed by atoms with Gasteiger partial charge in [0.1, 0.15) is 0 Å². The molecule has 0 bridgehead atoms. The first-order chi connectivity index (χ1) is 7.77. The maximum Gasteiger partial charge on any atom is 0.225 e. The molecule has 1 N–H and O–H groups in total. The number of nitrogens with one attached hydrogen (secondary N) is 1. The summed E-state index contributed by atoms with van der Waals surface area (Å²) in [5, 5.41) is 3.33. The monoisotopic (exact) mass is 226 g/mol. The van der Waals surface area contributed by atoms with Crippen LogP contribution in [0, 0.1) is 5.92 Å². The highest BCUT2D eigenvalue weighted by atomic mass is 16.5. The maximum atomic E-state index is 12.3. The molecule has 2 unspecified atom stereocenters. The minimum Gasteiger partial charge on any atom is -0.378 e. The Kier molecular flexibility index (Phi) is 4.18. The van der Waals surface area contributed by atoms with Crippen molar-refractivity contribution in [2.75, 3.05) is 32.8 Å². The van der Waals surface area contributed by atoms with E-state index in [1.54, 1.807) is 0 Å². The molecule has 2 heterocycles. The van der Waals surface area contributed by atoms with Gasteiger partial charge in [-0.2, -0.15) is 0 Å². The fourth-order valence-corrected chi connectivity index (χ4v) is 2.55. The van der Waals surface area contributed by atoms with Gasteiger partial charge in [-0.25, -0.2) is 0 Å². The van der Waals surface area contributed by atoms with Crippen LogP contribution in [0.5, 0.6) is 0 Å². The second-order valence-electron chi connectivity index (χ2n) is 4.83. The van der Waals surface area contributed by atoms with Crippen LogP contribution < -0.4 is 5.32 Å². The molecule has 2 aliphatic rings. The maximum absolute atomic E-state index is 12.3. The molecule has 0 radical (unpaired) electrons. The molecule has 2 aliphatic heterocycles. The van der Waals surface area contributed by atoms with Crippen LogP contribution >= 0.6 is 0 Å². The average Bonchev–Trinajstić information content (AvgIpc) is 2.56. The van der Waals surface area contributed by atoms with Gasteiger partial charge in [-0.15, -0.1) is 0 Å². The number of nitrogens with zero attached hydrogens (tertiary/aromatic N) is 1. The van der Waals surface area contributed by atoms with E-state index in [0.29, 0.717) is 5.91 Å². The molecule has 4 heteroatoms. The third-order valence-electron chi connectivity index (χ3n) is 3.49. The van der Waals surface area contributed by atoms with E-state index in [1.807, 2.05) is 4.90 Å². The first-order valence-electron chi connectivity index (χ1n) is 6.38. The molecule has 0 aromatic carbocycles. The smallest absolute Gasteiger partial charge is 0.225 e. The van der Waals surface area contributed by atoms with Gasteiger partial charge in [0.2, 0.25) is 5.91 Å². The number of hydrogen-bond acceptors (Lipinski definition) is 3. The molecule has 2 saturated heterocycles. The predicted molar refractivity (Wildman–Crippen MR) is 62.2 cm³/mol. The van der Waals surface area contributed by atoms with Crippen molar-refractivity contribution in [3.05, 3.63) is 0 Å². The van der Waals surface area contributed by atoms with Crippen molar-refractivity contribution >= 4 is 5.91 Å². The Morgan fingerprint density at radius 1 is 1.38 bits per heavy atom. The molecule has 2 rings (SSSR count). The van der Waals surface area contributed by atoms with Gasteiger partial charge in [0, 0.05) is 32.2 Å². The van der Waals surface area contributed by atoms with Crippen molar-refractivity contribution in [3.8, 4) is 0 Å². The Bertz CT molecular complexity index is 233. The molecule has 0 aromatic heterocycles. The van der Waals surface area contributed by atoms with Crippen molar-refractivity contribution in [1.82, 2.24) is 10.2 Å². The first kappa shape index (κ1) is 11.9. The zero-order valence-corrected chi connectivity index (χ0v) is 10.1. The van der Waals surface area contributed by atoms with E-state index in [1.165, 1.54) is 0 Å². The van der Waals surface area contributed by atoms with E-state index in [2.05, 4.69) is 12.2 Å². The summed E-state index contributed by atoms with van der Waals surface area (Å²) in [7, 11) is 0. The normalized spacial score (nSPS) is 32.2. The molecule has 0 spiro atoms. The van der Waals surface area contributed by atoms with Gasteiger partial charge >= 0.3 is 0 Å². The molecular formula is C12H22N2O2. The Morgan fingerprint density at radius 2 is 2.25 bits per heavy atom. The zero-order valence-electron chi connectivity index (χ0n) is 10.1. The van der Waals surface area contributed by atoms with E-state index in [0.717, 1.165) is 52.0 Å². The van der Waals surface area contributed by atoms with Crippen LogP contribution in [0.15, 0.2) is 0 Å². The quantitative estimate of drug-likeness (QED) is 0.713. The van der Waals surface area contributed by atoms with Gasteiger partial charge < -0.3 is 15.0 Å². The molecule has 16 heavy (non-hydrogen) atoms. The predicted octanol–water partition coefficient (Wildman–Crippen LogP) is 0.623. The van der Waals surface area contributed by atoms with Crippen molar-refractivity contribution in [3.63, 3.8) is 0 Å². The summed E-state index contributed by atoms with van der Waals surface area (Å²) < 4.78 is 5.49. The first-order valence-corrected chi connectivity index (χ1v) is 6.38. The minimum absolute atomic E-state index is 0.196. The summed E-state index contributed by atoms with van der Waals surface area (Å²) in [4.78, 5) is 14.3.